The molecule has 6 heteroatoms. The third-order valence-corrected chi connectivity index (χ3v) is 3.59. The van der Waals surface area contributed by atoms with Gasteiger partial charge >= 0.3 is 0 Å². The first kappa shape index (κ1) is 13.5. The normalized spacial score (nSPS) is 10.4. The zero-order chi connectivity index (χ0) is 13.1. The van der Waals surface area contributed by atoms with Crippen molar-refractivity contribution >= 4 is 38.5 Å². The zero-order valence-electron chi connectivity index (χ0n) is 9.56. The molecule has 0 atom stereocenters. The lowest BCUT2D eigenvalue weighted by Crippen LogP contribution is -2.22. The van der Waals surface area contributed by atoms with Crippen molar-refractivity contribution < 1.29 is 4.74 Å². The summed E-state index contributed by atoms with van der Waals surface area (Å²) in [4.78, 5) is 11.7. The molecule has 0 spiro atoms. The fourth-order valence-corrected chi connectivity index (χ4v) is 2.49. The predicted molar refractivity (Wildman–Crippen MR) is 81.0 cm³/mol. The summed E-state index contributed by atoms with van der Waals surface area (Å²) in [6.07, 6.45) is 1.67. The Kier molecular flexibility index (Phi) is 4.39. The molecule has 0 radical (unpaired) electrons. The van der Waals surface area contributed by atoms with E-state index in [-0.39, 0.29) is 5.56 Å². The summed E-state index contributed by atoms with van der Waals surface area (Å²) in [5, 5.41) is 4.10. The third kappa shape index (κ3) is 3.11. The molecule has 2 aromatic rings. The van der Waals surface area contributed by atoms with Crippen LogP contribution in [-0.2, 0) is 6.54 Å². The van der Waals surface area contributed by atoms with Crippen molar-refractivity contribution in [3.8, 4) is 5.75 Å². The molecule has 1 aromatic carbocycles. The number of halogens is 2. The van der Waals surface area contributed by atoms with Crippen molar-refractivity contribution in [3.63, 3.8) is 0 Å². The minimum absolute atomic E-state index is 0.103. The van der Waals surface area contributed by atoms with Crippen LogP contribution in [0.5, 0.6) is 5.75 Å². The van der Waals surface area contributed by atoms with Crippen LogP contribution < -0.4 is 10.3 Å². The van der Waals surface area contributed by atoms with Crippen molar-refractivity contribution in [3.05, 3.63) is 54.4 Å². The van der Waals surface area contributed by atoms with E-state index in [2.05, 4.69) is 43.6 Å². The van der Waals surface area contributed by atoms with Gasteiger partial charge in [-0.15, -0.1) is 0 Å². The van der Waals surface area contributed by atoms with Crippen molar-refractivity contribution in [1.82, 2.24) is 9.78 Å². The standard InChI is InChI=1S/C12H10BrIN2O2/c1-18-11-3-2-8(4-10(11)13)7-16-12(17)5-9(14)6-15-16/h2-6H,7H2,1H3. The van der Waals surface area contributed by atoms with Gasteiger partial charge in [-0.25, -0.2) is 4.68 Å². The molecule has 0 N–H and O–H groups in total. The number of aromatic nitrogens is 2. The SMILES string of the molecule is COc1ccc(Cn2ncc(I)cc2=O)cc1Br. The highest BCUT2D eigenvalue weighted by Gasteiger charge is 2.04. The molecule has 18 heavy (non-hydrogen) atoms. The van der Waals surface area contributed by atoms with E-state index in [9.17, 15) is 4.79 Å². The van der Waals surface area contributed by atoms with Crippen molar-refractivity contribution in [1.29, 1.82) is 0 Å². The second kappa shape index (κ2) is 5.83. The van der Waals surface area contributed by atoms with Gasteiger partial charge in [-0.2, -0.15) is 5.10 Å². The van der Waals surface area contributed by atoms with Gasteiger partial charge in [0.15, 0.2) is 0 Å². The van der Waals surface area contributed by atoms with Gasteiger partial charge in [-0.05, 0) is 56.2 Å². The molecule has 0 aliphatic carbocycles. The van der Waals surface area contributed by atoms with Crippen LogP contribution in [0.1, 0.15) is 5.56 Å². The van der Waals surface area contributed by atoms with Gasteiger partial charge in [0.1, 0.15) is 5.75 Å². The molecule has 0 saturated carbocycles. The number of hydrogen-bond acceptors (Lipinski definition) is 3. The van der Waals surface area contributed by atoms with Crippen LogP contribution in [0.2, 0.25) is 0 Å². The van der Waals surface area contributed by atoms with Crippen LogP contribution >= 0.6 is 38.5 Å². The maximum Gasteiger partial charge on any atom is 0.268 e. The van der Waals surface area contributed by atoms with Crippen LogP contribution in [0, 0.1) is 3.57 Å². The number of ether oxygens (including phenoxy) is 1. The lowest BCUT2D eigenvalue weighted by Gasteiger charge is -2.07. The highest BCUT2D eigenvalue weighted by molar-refractivity contribution is 14.1. The summed E-state index contributed by atoms with van der Waals surface area (Å²) >= 11 is 5.48. The van der Waals surface area contributed by atoms with Crippen molar-refractivity contribution in [2.45, 2.75) is 6.54 Å². The first-order valence-corrected chi connectivity index (χ1v) is 7.02. The smallest absolute Gasteiger partial charge is 0.268 e. The molecule has 1 heterocycles. The Morgan fingerprint density at radius 1 is 1.44 bits per heavy atom. The molecule has 0 amide bonds. The van der Waals surface area contributed by atoms with Crippen LogP contribution in [-0.4, -0.2) is 16.9 Å². The molecule has 0 bridgehead atoms. The van der Waals surface area contributed by atoms with Gasteiger partial charge < -0.3 is 4.74 Å². The number of nitrogens with zero attached hydrogens (tertiary/aromatic N) is 2. The predicted octanol–water partition coefficient (Wildman–Crippen LogP) is 2.67. The van der Waals surface area contributed by atoms with Crippen LogP contribution in [0.25, 0.3) is 0 Å². The summed E-state index contributed by atoms with van der Waals surface area (Å²) < 4.78 is 8.28. The van der Waals surface area contributed by atoms with E-state index in [0.717, 1.165) is 19.4 Å². The molecule has 0 saturated heterocycles. The zero-order valence-corrected chi connectivity index (χ0v) is 13.3. The highest BCUT2D eigenvalue weighted by Crippen LogP contribution is 2.25. The average Bonchev–Trinajstić information content (AvgIpc) is 2.33. The minimum atomic E-state index is -0.103. The molecular formula is C12H10BrIN2O2. The Labute approximate surface area is 126 Å². The van der Waals surface area contributed by atoms with Gasteiger partial charge in [0.2, 0.25) is 0 Å². The van der Waals surface area contributed by atoms with Crippen molar-refractivity contribution in [2.75, 3.05) is 7.11 Å². The molecule has 94 valence electrons. The Balaban J connectivity index is 2.29. The molecule has 4 nitrogen and oxygen atoms in total. The highest BCUT2D eigenvalue weighted by atomic mass is 127. The summed E-state index contributed by atoms with van der Waals surface area (Å²) in [5.41, 5.74) is 0.882. The topological polar surface area (TPSA) is 44.1 Å². The summed E-state index contributed by atoms with van der Waals surface area (Å²) in [6, 6.07) is 7.25. The first-order valence-electron chi connectivity index (χ1n) is 5.15. The number of methoxy groups -OCH3 is 1. The summed E-state index contributed by atoms with van der Waals surface area (Å²) in [5.74, 6) is 0.765. The van der Waals surface area contributed by atoms with Gasteiger partial charge in [0.05, 0.1) is 24.3 Å². The van der Waals surface area contributed by atoms with Gasteiger partial charge in [0.25, 0.3) is 5.56 Å². The fraction of sp³-hybridized carbons (Fsp3) is 0.167. The van der Waals surface area contributed by atoms with E-state index in [0.29, 0.717) is 6.54 Å². The molecule has 1 aromatic heterocycles. The summed E-state index contributed by atoms with van der Waals surface area (Å²) in [7, 11) is 1.62. The van der Waals surface area contributed by atoms with Gasteiger partial charge in [-0.3, -0.25) is 4.79 Å². The Hall–Kier alpha value is -0.890. The molecule has 0 fully saturated rings. The van der Waals surface area contributed by atoms with Gasteiger partial charge in [-0.1, -0.05) is 6.07 Å². The Bertz CT molecular complexity index is 628. The van der Waals surface area contributed by atoms with E-state index in [1.165, 1.54) is 4.68 Å². The average molecular weight is 421 g/mol. The quantitative estimate of drug-likeness (QED) is 0.717. The largest absolute Gasteiger partial charge is 0.496 e. The lowest BCUT2D eigenvalue weighted by molar-refractivity contribution is 0.412. The molecule has 0 unspecified atom stereocenters. The number of rotatable bonds is 3. The van der Waals surface area contributed by atoms with E-state index in [4.69, 9.17) is 4.74 Å². The second-order valence-electron chi connectivity index (χ2n) is 3.64. The number of benzene rings is 1. The maximum absolute atomic E-state index is 11.7. The molecular weight excluding hydrogens is 411 g/mol. The fourth-order valence-electron chi connectivity index (χ4n) is 1.51. The van der Waals surface area contributed by atoms with Crippen molar-refractivity contribution in [2.24, 2.45) is 0 Å². The van der Waals surface area contributed by atoms with E-state index >= 15 is 0 Å². The van der Waals surface area contributed by atoms with Gasteiger partial charge in [0, 0.05) is 9.64 Å². The molecule has 0 aliphatic heterocycles. The van der Waals surface area contributed by atoms with Crippen LogP contribution in [0.3, 0.4) is 0 Å². The first-order chi connectivity index (χ1) is 8.60. The minimum Gasteiger partial charge on any atom is -0.496 e. The van der Waals surface area contributed by atoms with E-state index in [1.807, 2.05) is 18.2 Å². The Morgan fingerprint density at radius 2 is 2.22 bits per heavy atom. The monoisotopic (exact) mass is 420 g/mol. The van der Waals surface area contributed by atoms with E-state index < -0.39 is 0 Å². The number of hydrogen-bond donors (Lipinski definition) is 0. The lowest BCUT2D eigenvalue weighted by atomic mass is 10.2. The van der Waals surface area contributed by atoms with Crippen LogP contribution in [0.15, 0.2) is 39.7 Å². The Morgan fingerprint density at radius 3 is 2.83 bits per heavy atom. The summed E-state index contributed by atoms with van der Waals surface area (Å²) in [6.45, 7) is 0.443. The molecule has 2 rings (SSSR count). The second-order valence-corrected chi connectivity index (χ2v) is 5.74. The van der Waals surface area contributed by atoms with Crippen LogP contribution in [0.4, 0.5) is 0 Å². The third-order valence-electron chi connectivity index (χ3n) is 2.38. The van der Waals surface area contributed by atoms with E-state index in [1.54, 1.807) is 19.4 Å². The molecule has 0 aliphatic rings. The maximum atomic E-state index is 11.7.